The summed E-state index contributed by atoms with van der Waals surface area (Å²) in [6.45, 7) is 7.57. The molecule has 1 aromatic heterocycles. The quantitative estimate of drug-likeness (QED) is 0.538. The Labute approximate surface area is 176 Å². The van der Waals surface area contributed by atoms with Crippen molar-refractivity contribution in [1.29, 1.82) is 0 Å². The molecular formula is C23H28N4O3. The molecule has 2 aromatic carbocycles. The highest BCUT2D eigenvalue weighted by Gasteiger charge is 2.10. The van der Waals surface area contributed by atoms with E-state index in [2.05, 4.69) is 34.0 Å². The summed E-state index contributed by atoms with van der Waals surface area (Å²) in [5, 5.41) is 3.44. The monoisotopic (exact) mass is 408 g/mol. The molecule has 0 unspecified atom stereocenters. The number of ether oxygens (including phenoxy) is 1. The van der Waals surface area contributed by atoms with Gasteiger partial charge in [0.2, 0.25) is 5.91 Å². The lowest BCUT2D eigenvalue weighted by Gasteiger charge is -2.19. The molecule has 2 N–H and O–H groups in total. The fourth-order valence-electron chi connectivity index (χ4n) is 3.22. The van der Waals surface area contributed by atoms with Crippen LogP contribution in [0.25, 0.3) is 10.9 Å². The van der Waals surface area contributed by atoms with Gasteiger partial charge in [0.1, 0.15) is 18.2 Å². The number of amides is 1. The topological polar surface area (TPSA) is 87.3 Å². The summed E-state index contributed by atoms with van der Waals surface area (Å²) in [5.41, 5.74) is 1.08. The number of benzene rings is 2. The van der Waals surface area contributed by atoms with Crippen molar-refractivity contribution in [1.82, 2.24) is 14.9 Å². The van der Waals surface area contributed by atoms with Crippen molar-refractivity contribution in [3.05, 3.63) is 64.7 Å². The van der Waals surface area contributed by atoms with Crippen LogP contribution in [0, 0.1) is 0 Å². The number of fused-ring (bicyclic) bond motifs is 1. The number of nitrogens with one attached hydrogen (secondary N) is 2. The number of nitrogens with zero attached hydrogens (tertiary/aromatic N) is 2. The SMILES string of the molecule is CCN(CC)CCOc1ccccc1NC(=O)CCc1nc2ccccc2c(=O)[nH]1. The van der Waals surface area contributed by atoms with Gasteiger partial charge in [-0.2, -0.15) is 0 Å². The van der Waals surface area contributed by atoms with Crippen LogP contribution >= 0.6 is 0 Å². The van der Waals surface area contributed by atoms with E-state index in [0.29, 0.717) is 41.2 Å². The maximum atomic E-state index is 12.5. The maximum Gasteiger partial charge on any atom is 0.258 e. The molecule has 0 fully saturated rings. The second-order valence-electron chi connectivity index (χ2n) is 6.95. The van der Waals surface area contributed by atoms with Gasteiger partial charge in [-0.25, -0.2) is 4.98 Å². The largest absolute Gasteiger partial charge is 0.490 e. The fraction of sp³-hybridized carbons (Fsp3) is 0.348. The summed E-state index contributed by atoms with van der Waals surface area (Å²) in [4.78, 5) is 34.1. The molecule has 0 aliphatic carbocycles. The van der Waals surface area contributed by atoms with E-state index in [1.54, 1.807) is 18.2 Å². The van der Waals surface area contributed by atoms with Crippen molar-refractivity contribution in [2.45, 2.75) is 26.7 Å². The Balaban J connectivity index is 1.58. The summed E-state index contributed by atoms with van der Waals surface area (Å²) in [5.74, 6) is 0.985. The number of hydrogen-bond donors (Lipinski definition) is 2. The van der Waals surface area contributed by atoms with Gasteiger partial charge in [0.15, 0.2) is 0 Å². The third-order valence-electron chi connectivity index (χ3n) is 4.97. The minimum atomic E-state index is -0.192. The molecule has 0 spiro atoms. The Kier molecular flexibility index (Phi) is 7.57. The van der Waals surface area contributed by atoms with Gasteiger partial charge in [0, 0.05) is 19.4 Å². The van der Waals surface area contributed by atoms with Crippen molar-refractivity contribution in [2.24, 2.45) is 0 Å². The molecule has 3 aromatic rings. The van der Waals surface area contributed by atoms with Crippen molar-refractivity contribution in [3.8, 4) is 5.75 Å². The van der Waals surface area contributed by atoms with E-state index < -0.39 is 0 Å². The molecule has 30 heavy (non-hydrogen) atoms. The number of H-pyrrole nitrogens is 1. The molecule has 158 valence electrons. The predicted molar refractivity (Wildman–Crippen MR) is 119 cm³/mol. The average Bonchev–Trinajstić information content (AvgIpc) is 2.76. The third-order valence-corrected chi connectivity index (χ3v) is 4.97. The van der Waals surface area contributed by atoms with Crippen molar-refractivity contribution < 1.29 is 9.53 Å². The van der Waals surface area contributed by atoms with E-state index in [-0.39, 0.29) is 17.9 Å². The van der Waals surface area contributed by atoms with Crippen LogP contribution in [0.15, 0.2) is 53.3 Å². The number of aromatic amines is 1. The van der Waals surface area contributed by atoms with Crippen LogP contribution in [0.3, 0.4) is 0 Å². The van der Waals surface area contributed by atoms with E-state index >= 15 is 0 Å². The lowest BCUT2D eigenvalue weighted by molar-refractivity contribution is -0.116. The number of aromatic nitrogens is 2. The Bertz CT molecular complexity index is 1040. The first kappa shape index (κ1) is 21.5. The number of carbonyl (C=O) groups excluding carboxylic acids is 1. The highest BCUT2D eigenvalue weighted by atomic mass is 16.5. The first-order valence-electron chi connectivity index (χ1n) is 10.3. The van der Waals surface area contributed by atoms with Gasteiger partial charge in [-0.3, -0.25) is 9.59 Å². The molecular weight excluding hydrogens is 380 g/mol. The molecule has 7 heteroatoms. The van der Waals surface area contributed by atoms with E-state index in [4.69, 9.17) is 4.74 Å². The van der Waals surface area contributed by atoms with Gasteiger partial charge < -0.3 is 19.9 Å². The molecule has 0 saturated carbocycles. The molecule has 1 heterocycles. The highest BCUT2D eigenvalue weighted by Crippen LogP contribution is 2.24. The lowest BCUT2D eigenvalue weighted by atomic mass is 10.2. The zero-order valence-corrected chi connectivity index (χ0v) is 17.5. The van der Waals surface area contributed by atoms with Gasteiger partial charge >= 0.3 is 0 Å². The zero-order chi connectivity index (χ0) is 21.3. The third kappa shape index (κ3) is 5.67. The van der Waals surface area contributed by atoms with Crippen molar-refractivity contribution in [3.63, 3.8) is 0 Å². The first-order chi connectivity index (χ1) is 14.6. The molecule has 0 saturated heterocycles. The van der Waals surface area contributed by atoms with E-state index in [0.717, 1.165) is 19.6 Å². The van der Waals surface area contributed by atoms with Crippen LogP contribution in [0.5, 0.6) is 5.75 Å². The second-order valence-corrected chi connectivity index (χ2v) is 6.95. The van der Waals surface area contributed by atoms with E-state index in [1.165, 1.54) is 0 Å². The maximum absolute atomic E-state index is 12.5. The summed E-state index contributed by atoms with van der Waals surface area (Å²) < 4.78 is 5.88. The number of rotatable bonds is 10. The summed E-state index contributed by atoms with van der Waals surface area (Å²) in [7, 11) is 0. The molecule has 0 atom stereocenters. The fourth-order valence-corrected chi connectivity index (χ4v) is 3.22. The smallest absolute Gasteiger partial charge is 0.258 e. The number of aryl methyl sites for hydroxylation is 1. The second kappa shape index (κ2) is 10.5. The minimum absolute atomic E-state index is 0.161. The highest BCUT2D eigenvalue weighted by molar-refractivity contribution is 5.92. The minimum Gasteiger partial charge on any atom is -0.490 e. The molecule has 0 aliphatic heterocycles. The number of likely N-dealkylation sites (N-methyl/N-ethyl adjacent to an activating group) is 1. The first-order valence-corrected chi connectivity index (χ1v) is 10.3. The standard InChI is InChI=1S/C23H28N4O3/c1-3-27(4-2)15-16-30-20-12-8-7-11-19(20)25-22(28)14-13-21-24-18-10-6-5-9-17(18)23(29)26-21/h5-12H,3-4,13-16H2,1-2H3,(H,25,28)(H,24,26,29). The Morgan fingerprint density at radius 2 is 1.83 bits per heavy atom. The molecule has 0 radical (unpaired) electrons. The van der Waals surface area contributed by atoms with Gasteiger partial charge in [0.25, 0.3) is 5.56 Å². The average molecular weight is 409 g/mol. The van der Waals surface area contributed by atoms with E-state index in [1.807, 2.05) is 30.3 Å². The lowest BCUT2D eigenvalue weighted by Crippen LogP contribution is -2.28. The van der Waals surface area contributed by atoms with Crippen LogP contribution in [0.4, 0.5) is 5.69 Å². The Hall–Kier alpha value is -3.19. The number of para-hydroxylation sites is 3. The van der Waals surface area contributed by atoms with Crippen LogP contribution in [0.2, 0.25) is 0 Å². The van der Waals surface area contributed by atoms with Crippen molar-refractivity contribution >= 4 is 22.5 Å². The van der Waals surface area contributed by atoms with Crippen LogP contribution < -0.4 is 15.6 Å². The van der Waals surface area contributed by atoms with Gasteiger partial charge in [0.05, 0.1) is 16.6 Å². The number of anilines is 1. The number of hydrogen-bond acceptors (Lipinski definition) is 5. The summed E-state index contributed by atoms with van der Waals surface area (Å²) >= 11 is 0. The van der Waals surface area contributed by atoms with E-state index in [9.17, 15) is 9.59 Å². The molecule has 3 rings (SSSR count). The van der Waals surface area contributed by atoms with Gasteiger partial charge in [-0.1, -0.05) is 38.1 Å². The van der Waals surface area contributed by atoms with Crippen LogP contribution in [0.1, 0.15) is 26.1 Å². The Morgan fingerprint density at radius 1 is 1.10 bits per heavy atom. The van der Waals surface area contributed by atoms with Crippen molar-refractivity contribution in [2.75, 3.05) is 31.6 Å². The Morgan fingerprint density at radius 3 is 2.63 bits per heavy atom. The molecule has 0 bridgehead atoms. The van der Waals surface area contributed by atoms with Crippen LogP contribution in [-0.2, 0) is 11.2 Å². The van der Waals surface area contributed by atoms with Gasteiger partial charge in [-0.15, -0.1) is 0 Å². The predicted octanol–water partition coefficient (Wildman–Crippen LogP) is 3.22. The molecule has 1 amide bonds. The molecule has 0 aliphatic rings. The summed E-state index contributed by atoms with van der Waals surface area (Å²) in [6.07, 6.45) is 0.548. The van der Waals surface area contributed by atoms with Crippen LogP contribution in [-0.4, -0.2) is 47.0 Å². The normalized spacial score (nSPS) is 11.0. The zero-order valence-electron chi connectivity index (χ0n) is 17.5. The molecule has 7 nitrogen and oxygen atoms in total. The number of carbonyl (C=O) groups is 1. The summed E-state index contributed by atoms with van der Waals surface area (Å²) in [6, 6.07) is 14.6. The van der Waals surface area contributed by atoms with Gasteiger partial charge in [-0.05, 0) is 37.4 Å².